The topological polar surface area (TPSA) is 59.2 Å². The molecule has 0 radical (unpaired) electrons. The van der Waals surface area contributed by atoms with Crippen molar-refractivity contribution >= 4 is 22.9 Å². The summed E-state index contributed by atoms with van der Waals surface area (Å²) < 4.78 is 5.34. The van der Waals surface area contributed by atoms with Crippen LogP contribution in [0.25, 0.3) is 11.5 Å². The van der Waals surface area contributed by atoms with Crippen LogP contribution < -0.4 is 4.90 Å². The molecule has 6 heteroatoms. The molecule has 0 spiro atoms. The minimum Gasteiger partial charge on any atom is -0.334 e. The van der Waals surface area contributed by atoms with Crippen molar-refractivity contribution < 1.29 is 9.32 Å². The van der Waals surface area contributed by atoms with E-state index in [4.69, 9.17) is 4.52 Å². The zero-order valence-corrected chi connectivity index (χ0v) is 14.1. The third-order valence-electron chi connectivity index (χ3n) is 4.36. The van der Waals surface area contributed by atoms with Gasteiger partial charge >= 0.3 is 0 Å². The second-order valence-electron chi connectivity index (χ2n) is 5.90. The van der Waals surface area contributed by atoms with E-state index in [1.54, 1.807) is 11.3 Å². The summed E-state index contributed by atoms with van der Waals surface area (Å²) >= 11 is 1.59. The Balaban J connectivity index is 1.53. The predicted octanol–water partition coefficient (Wildman–Crippen LogP) is 3.88. The molecule has 1 atom stereocenters. The number of anilines is 1. The zero-order valence-electron chi connectivity index (χ0n) is 13.3. The molecule has 1 saturated heterocycles. The molecule has 24 heavy (non-hydrogen) atoms. The molecule has 1 fully saturated rings. The van der Waals surface area contributed by atoms with Crippen LogP contribution in [0, 0.1) is 0 Å². The molecule has 1 unspecified atom stereocenters. The van der Waals surface area contributed by atoms with Crippen molar-refractivity contribution in [3.8, 4) is 11.5 Å². The van der Waals surface area contributed by atoms with Gasteiger partial charge in [0.15, 0.2) is 5.82 Å². The average Bonchev–Trinajstić information content (AvgIpc) is 3.34. The highest BCUT2D eigenvalue weighted by molar-refractivity contribution is 7.08. The standard InChI is InChI=1S/C18H17N3O2S/c1-2-12-3-5-15(6-4-12)21-10-14(9-16(21)22)17-19-18(23-20-17)13-7-8-24-11-13/h3-8,11,14H,2,9-10H2,1H3. The third-order valence-corrected chi connectivity index (χ3v) is 5.04. The van der Waals surface area contributed by atoms with Gasteiger partial charge < -0.3 is 9.42 Å². The summed E-state index contributed by atoms with van der Waals surface area (Å²) in [7, 11) is 0. The van der Waals surface area contributed by atoms with Crippen LogP contribution in [0.4, 0.5) is 5.69 Å². The molecule has 3 aromatic rings. The van der Waals surface area contributed by atoms with E-state index < -0.39 is 0 Å². The van der Waals surface area contributed by atoms with Gasteiger partial charge in [-0.05, 0) is 35.6 Å². The van der Waals surface area contributed by atoms with Crippen molar-refractivity contribution in [3.63, 3.8) is 0 Å². The lowest BCUT2D eigenvalue weighted by molar-refractivity contribution is -0.117. The summed E-state index contributed by atoms with van der Waals surface area (Å²) in [5, 5.41) is 8.03. The second-order valence-corrected chi connectivity index (χ2v) is 6.68. The number of aryl methyl sites for hydroxylation is 1. The average molecular weight is 339 g/mol. The Morgan fingerprint density at radius 2 is 2.12 bits per heavy atom. The van der Waals surface area contributed by atoms with Crippen LogP contribution in [0.1, 0.15) is 30.7 Å². The Morgan fingerprint density at radius 1 is 1.29 bits per heavy atom. The first kappa shape index (κ1) is 15.1. The first-order valence-corrected chi connectivity index (χ1v) is 8.94. The van der Waals surface area contributed by atoms with Crippen molar-refractivity contribution in [2.45, 2.75) is 25.7 Å². The smallest absolute Gasteiger partial charge is 0.258 e. The molecule has 1 aromatic carbocycles. The van der Waals surface area contributed by atoms with Crippen LogP contribution in [0.2, 0.25) is 0 Å². The maximum absolute atomic E-state index is 12.4. The summed E-state index contributed by atoms with van der Waals surface area (Å²) in [5.74, 6) is 1.20. The number of aromatic nitrogens is 2. The van der Waals surface area contributed by atoms with Crippen molar-refractivity contribution in [2.24, 2.45) is 0 Å². The number of amides is 1. The fourth-order valence-electron chi connectivity index (χ4n) is 2.95. The minimum atomic E-state index is -0.0283. The normalized spacial score (nSPS) is 17.6. The molecule has 5 nitrogen and oxygen atoms in total. The van der Waals surface area contributed by atoms with E-state index in [0.29, 0.717) is 24.7 Å². The molecular weight excluding hydrogens is 322 g/mol. The molecule has 0 N–H and O–H groups in total. The first-order chi connectivity index (χ1) is 11.7. The van der Waals surface area contributed by atoms with E-state index in [1.165, 1.54) is 5.56 Å². The number of hydrogen-bond acceptors (Lipinski definition) is 5. The first-order valence-electron chi connectivity index (χ1n) is 8.00. The van der Waals surface area contributed by atoms with Crippen LogP contribution in [0.3, 0.4) is 0 Å². The summed E-state index contributed by atoms with van der Waals surface area (Å²) in [6.07, 6.45) is 1.41. The Kier molecular flexibility index (Phi) is 3.90. The Bertz CT molecular complexity index is 840. The number of rotatable bonds is 4. The quantitative estimate of drug-likeness (QED) is 0.724. The number of carbonyl (C=O) groups is 1. The van der Waals surface area contributed by atoms with Crippen LogP contribution in [-0.2, 0) is 11.2 Å². The molecule has 0 saturated carbocycles. The van der Waals surface area contributed by atoms with Crippen LogP contribution in [0.15, 0.2) is 45.6 Å². The fraction of sp³-hybridized carbons (Fsp3) is 0.278. The largest absolute Gasteiger partial charge is 0.334 e. The summed E-state index contributed by atoms with van der Waals surface area (Å²) in [6, 6.07) is 10.1. The highest BCUT2D eigenvalue weighted by Crippen LogP contribution is 2.32. The lowest BCUT2D eigenvalue weighted by Gasteiger charge is -2.16. The molecule has 2 aromatic heterocycles. The molecule has 1 aliphatic rings. The summed E-state index contributed by atoms with van der Waals surface area (Å²) in [5.41, 5.74) is 3.12. The minimum absolute atomic E-state index is 0.0283. The monoisotopic (exact) mass is 339 g/mol. The number of carbonyl (C=O) groups excluding carboxylic acids is 1. The SMILES string of the molecule is CCc1ccc(N2CC(c3noc(-c4ccsc4)n3)CC2=O)cc1. The van der Waals surface area contributed by atoms with Gasteiger partial charge in [-0.15, -0.1) is 0 Å². The second kappa shape index (κ2) is 6.20. The Labute approximate surface area is 143 Å². The van der Waals surface area contributed by atoms with Crippen LogP contribution in [0.5, 0.6) is 0 Å². The van der Waals surface area contributed by atoms with E-state index >= 15 is 0 Å². The van der Waals surface area contributed by atoms with Gasteiger partial charge in [0.05, 0.1) is 5.56 Å². The van der Waals surface area contributed by atoms with E-state index in [-0.39, 0.29) is 11.8 Å². The maximum Gasteiger partial charge on any atom is 0.258 e. The highest BCUT2D eigenvalue weighted by Gasteiger charge is 2.34. The molecule has 122 valence electrons. The van der Waals surface area contributed by atoms with Gasteiger partial charge in [0.1, 0.15) is 0 Å². The van der Waals surface area contributed by atoms with Crippen molar-refractivity contribution in [2.75, 3.05) is 11.4 Å². The van der Waals surface area contributed by atoms with Crippen LogP contribution >= 0.6 is 11.3 Å². The lowest BCUT2D eigenvalue weighted by atomic mass is 10.1. The maximum atomic E-state index is 12.4. The number of hydrogen-bond donors (Lipinski definition) is 0. The Morgan fingerprint density at radius 3 is 2.83 bits per heavy atom. The van der Waals surface area contributed by atoms with Gasteiger partial charge in [-0.2, -0.15) is 16.3 Å². The molecule has 1 amide bonds. The van der Waals surface area contributed by atoms with Gasteiger partial charge in [0.2, 0.25) is 5.91 Å². The summed E-state index contributed by atoms with van der Waals surface area (Å²) in [6.45, 7) is 2.71. The van der Waals surface area contributed by atoms with Crippen molar-refractivity contribution in [3.05, 3.63) is 52.5 Å². The predicted molar refractivity (Wildman–Crippen MR) is 93.1 cm³/mol. The van der Waals surface area contributed by atoms with Crippen molar-refractivity contribution in [1.82, 2.24) is 10.1 Å². The van der Waals surface area contributed by atoms with Gasteiger partial charge in [-0.3, -0.25) is 4.79 Å². The fourth-order valence-corrected chi connectivity index (χ4v) is 3.58. The molecule has 3 heterocycles. The lowest BCUT2D eigenvalue weighted by Crippen LogP contribution is -2.24. The third kappa shape index (κ3) is 2.73. The number of thiophene rings is 1. The summed E-state index contributed by atoms with van der Waals surface area (Å²) in [4.78, 5) is 18.7. The van der Waals surface area contributed by atoms with E-state index in [9.17, 15) is 4.79 Å². The molecular formula is C18H17N3O2S. The van der Waals surface area contributed by atoms with Gasteiger partial charge in [0.25, 0.3) is 5.89 Å². The van der Waals surface area contributed by atoms with Crippen molar-refractivity contribution in [1.29, 1.82) is 0 Å². The van der Waals surface area contributed by atoms with Gasteiger partial charge in [-0.1, -0.05) is 24.2 Å². The molecule has 1 aliphatic heterocycles. The Hall–Kier alpha value is -2.47. The van der Waals surface area contributed by atoms with Gasteiger partial charge in [-0.25, -0.2) is 0 Å². The highest BCUT2D eigenvalue weighted by atomic mass is 32.1. The van der Waals surface area contributed by atoms with E-state index in [1.807, 2.05) is 33.9 Å². The molecule has 0 aliphatic carbocycles. The van der Waals surface area contributed by atoms with Crippen LogP contribution in [-0.4, -0.2) is 22.6 Å². The zero-order chi connectivity index (χ0) is 16.5. The molecule has 4 rings (SSSR count). The van der Waals surface area contributed by atoms with E-state index in [0.717, 1.165) is 17.7 Å². The van der Waals surface area contributed by atoms with Gasteiger partial charge in [0, 0.05) is 30.0 Å². The number of benzene rings is 1. The number of nitrogens with zero attached hydrogens (tertiary/aromatic N) is 3. The van der Waals surface area contributed by atoms with E-state index in [2.05, 4.69) is 29.2 Å². The molecule has 0 bridgehead atoms.